The first-order valence-corrected chi connectivity index (χ1v) is 7.09. The van der Waals surface area contributed by atoms with E-state index in [1.54, 1.807) is 0 Å². The van der Waals surface area contributed by atoms with E-state index in [1.807, 2.05) is 19.1 Å². The van der Waals surface area contributed by atoms with Crippen LogP contribution in [0.1, 0.15) is 50.2 Å². The number of carbonyl (C=O) groups is 1. The van der Waals surface area contributed by atoms with Crippen molar-refractivity contribution in [3.8, 4) is 0 Å². The molecule has 1 amide bonds. The van der Waals surface area contributed by atoms with Crippen LogP contribution in [0, 0.1) is 5.92 Å². The van der Waals surface area contributed by atoms with Crippen LogP contribution in [-0.4, -0.2) is 24.0 Å². The van der Waals surface area contributed by atoms with Crippen LogP contribution in [0.2, 0.25) is 0 Å². The minimum atomic E-state index is -0.0207. The number of rotatable bonds is 7. The lowest BCUT2D eigenvalue weighted by Crippen LogP contribution is -2.27. The van der Waals surface area contributed by atoms with E-state index in [2.05, 4.69) is 36.4 Å². The highest BCUT2D eigenvalue weighted by Gasteiger charge is 2.09. The van der Waals surface area contributed by atoms with Gasteiger partial charge < -0.3 is 10.6 Å². The maximum Gasteiger partial charge on any atom is 0.251 e. The average molecular weight is 263 g/mol. The molecule has 1 aromatic heterocycles. The van der Waals surface area contributed by atoms with E-state index in [-0.39, 0.29) is 5.91 Å². The van der Waals surface area contributed by atoms with Gasteiger partial charge in [0.05, 0.1) is 0 Å². The van der Waals surface area contributed by atoms with Gasteiger partial charge in [0.15, 0.2) is 0 Å². The lowest BCUT2D eigenvalue weighted by atomic mass is 10.1. The summed E-state index contributed by atoms with van der Waals surface area (Å²) >= 11 is 0. The van der Waals surface area contributed by atoms with Gasteiger partial charge in [0.2, 0.25) is 0 Å². The number of amides is 1. The molecule has 0 atom stereocenters. The molecule has 1 rings (SSSR count). The zero-order chi connectivity index (χ0) is 14.3. The molecule has 0 bridgehead atoms. The summed E-state index contributed by atoms with van der Waals surface area (Å²) in [6.45, 7) is 9.79. The minimum absolute atomic E-state index is 0.0207. The van der Waals surface area contributed by atoms with Crippen molar-refractivity contribution >= 4 is 11.7 Å². The monoisotopic (exact) mass is 263 g/mol. The van der Waals surface area contributed by atoms with E-state index >= 15 is 0 Å². The second-order valence-corrected chi connectivity index (χ2v) is 5.12. The summed E-state index contributed by atoms with van der Waals surface area (Å²) in [5, 5.41) is 6.12. The molecule has 2 N–H and O–H groups in total. The summed E-state index contributed by atoms with van der Waals surface area (Å²) in [5.41, 5.74) is 1.66. The second kappa shape index (κ2) is 7.77. The van der Waals surface area contributed by atoms with Gasteiger partial charge in [0.25, 0.3) is 5.91 Å². The number of nitrogens with one attached hydrogen (secondary N) is 2. The molecule has 19 heavy (non-hydrogen) atoms. The number of hydrogen-bond acceptors (Lipinski definition) is 3. The Balaban J connectivity index is 2.88. The third-order valence-electron chi connectivity index (χ3n) is 2.68. The fourth-order valence-electron chi connectivity index (χ4n) is 1.77. The average Bonchev–Trinajstić information content (AvgIpc) is 2.36. The number of nitrogens with zero attached hydrogens (tertiary/aromatic N) is 1. The summed E-state index contributed by atoms with van der Waals surface area (Å²) in [6, 6.07) is 3.71. The Bertz CT molecular complexity index is 392. The molecule has 0 aromatic carbocycles. The van der Waals surface area contributed by atoms with Crippen LogP contribution in [0.25, 0.3) is 0 Å². The van der Waals surface area contributed by atoms with Crippen molar-refractivity contribution in [3.05, 3.63) is 23.4 Å². The molecule has 0 unspecified atom stereocenters. The Morgan fingerprint density at radius 1 is 1.32 bits per heavy atom. The first-order chi connectivity index (χ1) is 9.06. The van der Waals surface area contributed by atoms with E-state index in [4.69, 9.17) is 0 Å². The van der Waals surface area contributed by atoms with Crippen molar-refractivity contribution < 1.29 is 4.79 Å². The Morgan fingerprint density at radius 3 is 2.63 bits per heavy atom. The molecule has 0 aliphatic heterocycles. The number of aromatic nitrogens is 1. The number of carbonyl (C=O) groups excluding carboxylic acids is 1. The maximum absolute atomic E-state index is 12.1. The molecule has 0 saturated carbocycles. The van der Waals surface area contributed by atoms with Crippen molar-refractivity contribution in [2.24, 2.45) is 5.92 Å². The van der Waals surface area contributed by atoms with Crippen LogP contribution >= 0.6 is 0 Å². The highest BCUT2D eigenvalue weighted by atomic mass is 16.1. The van der Waals surface area contributed by atoms with Crippen LogP contribution in [0.4, 0.5) is 5.82 Å². The molecule has 4 nitrogen and oxygen atoms in total. The topological polar surface area (TPSA) is 54.0 Å². The number of anilines is 1. The third kappa shape index (κ3) is 5.28. The van der Waals surface area contributed by atoms with E-state index in [0.29, 0.717) is 18.0 Å². The molecule has 0 aliphatic rings. The van der Waals surface area contributed by atoms with Crippen LogP contribution in [0.3, 0.4) is 0 Å². The fraction of sp³-hybridized carbons (Fsp3) is 0.600. The molecular formula is C15H25N3O. The summed E-state index contributed by atoms with van der Waals surface area (Å²) in [5.74, 6) is 1.21. The Labute approximate surface area is 116 Å². The molecule has 1 aromatic rings. The van der Waals surface area contributed by atoms with Crippen LogP contribution < -0.4 is 10.6 Å². The molecule has 0 spiro atoms. The quantitative estimate of drug-likeness (QED) is 0.795. The van der Waals surface area contributed by atoms with Gasteiger partial charge >= 0.3 is 0 Å². The van der Waals surface area contributed by atoms with E-state index in [1.165, 1.54) is 0 Å². The minimum Gasteiger partial charge on any atom is -0.370 e. The predicted octanol–water partition coefficient (Wildman–Crippen LogP) is 2.85. The maximum atomic E-state index is 12.1. The first kappa shape index (κ1) is 15.5. The lowest BCUT2D eigenvalue weighted by Gasteiger charge is -2.11. The largest absolute Gasteiger partial charge is 0.370 e. The first-order valence-electron chi connectivity index (χ1n) is 7.09. The zero-order valence-electron chi connectivity index (χ0n) is 12.4. The van der Waals surface area contributed by atoms with Gasteiger partial charge in [0.1, 0.15) is 5.82 Å². The molecule has 106 valence electrons. The summed E-state index contributed by atoms with van der Waals surface area (Å²) in [6.07, 6.45) is 1.92. The van der Waals surface area contributed by atoms with Crippen molar-refractivity contribution in [2.75, 3.05) is 18.4 Å². The van der Waals surface area contributed by atoms with E-state index in [0.717, 1.165) is 30.9 Å². The van der Waals surface area contributed by atoms with Crippen molar-refractivity contribution in [2.45, 2.75) is 40.5 Å². The van der Waals surface area contributed by atoms with Crippen LogP contribution in [0.15, 0.2) is 12.1 Å². The van der Waals surface area contributed by atoms with Gasteiger partial charge in [-0.25, -0.2) is 4.98 Å². The SMILES string of the molecule is CCCc1cc(C(=O)NCC(C)C)cc(NCC)n1. The highest BCUT2D eigenvalue weighted by Crippen LogP contribution is 2.12. The van der Waals surface area contributed by atoms with Gasteiger partial charge in [-0.2, -0.15) is 0 Å². The zero-order valence-corrected chi connectivity index (χ0v) is 12.4. The molecule has 0 fully saturated rings. The summed E-state index contributed by atoms with van der Waals surface area (Å²) < 4.78 is 0. The third-order valence-corrected chi connectivity index (χ3v) is 2.68. The summed E-state index contributed by atoms with van der Waals surface area (Å²) in [7, 11) is 0. The van der Waals surface area contributed by atoms with Crippen LogP contribution in [-0.2, 0) is 6.42 Å². The Hall–Kier alpha value is -1.58. The molecule has 0 radical (unpaired) electrons. The normalized spacial score (nSPS) is 10.6. The molecule has 4 heteroatoms. The fourth-order valence-corrected chi connectivity index (χ4v) is 1.77. The Kier molecular flexibility index (Phi) is 6.33. The molecular weight excluding hydrogens is 238 g/mol. The van der Waals surface area contributed by atoms with Gasteiger partial charge in [-0.1, -0.05) is 27.2 Å². The van der Waals surface area contributed by atoms with Crippen molar-refractivity contribution in [1.82, 2.24) is 10.3 Å². The Morgan fingerprint density at radius 2 is 2.05 bits per heavy atom. The van der Waals surface area contributed by atoms with Gasteiger partial charge in [-0.15, -0.1) is 0 Å². The number of hydrogen-bond donors (Lipinski definition) is 2. The number of pyridine rings is 1. The highest BCUT2D eigenvalue weighted by molar-refractivity contribution is 5.95. The molecule has 0 saturated heterocycles. The van der Waals surface area contributed by atoms with Crippen LogP contribution in [0.5, 0.6) is 0 Å². The predicted molar refractivity (Wildman–Crippen MR) is 79.6 cm³/mol. The molecule has 0 aliphatic carbocycles. The number of aryl methyl sites for hydroxylation is 1. The van der Waals surface area contributed by atoms with Gasteiger partial charge in [0, 0.05) is 24.3 Å². The smallest absolute Gasteiger partial charge is 0.251 e. The van der Waals surface area contributed by atoms with Crippen molar-refractivity contribution in [3.63, 3.8) is 0 Å². The van der Waals surface area contributed by atoms with Gasteiger partial charge in [-0.05, 0) is 31.4 Å². The van der Waals surface area contributed by atoms with E-state index in [9.17, 15) is 4.79 Å². The molecule has 1 heterocycles. The standard InChI is InChI=1S/C15H25N3O/c1-5-7-13-8-12(9-14(18-13)16-6-2)15(19)17-10-11(3)4/h8-9,11H,5-7,10H2,1-4H3,(H,16,18)(H,17,19). The summed E-state index contributed by atoms with van der Waals surface area (Å²) in [4.78, 5) is 16.6. The second-order valence-electron chi connectivity index (χ2n) is 5.12. The van der Waals surface area contributed by atoms with E-state index < -0.39 is 0 Å². The van der Waals surface area contributed by atoms with Crippen molar-refractivity contribution in [1.29, 1.82) is 0 Å². The van der Waals surface area contributed by atoms with Gasteiger partial charge in [-0.3, -0.25) is 4.79 Å². The lowest BCUT2D eigenvalue weighted by molar-refractivity contribution is 0.0949.